The smallest absolute Gasteiger partial charge is 0.131 e. The number of nitrogens with zero attached hydrogens (tertiary/aromatic N) is 1. The predicted octanol–water partition coefficient (Wildman–Crippen LogP) is 1.86. The van der Waals surface area contributed by atoms with Crippen LogP contribution in [0.1, 0.15) is 0 Å². The molecule has 3 nitrogen and oxygen atoms in total. The van der Waals surface area contributed by atoms with Gasteiger partial charge < -0.3 is 11.1 Å². The van der Waals surface area contributed by atoms with Gasteiger partial charge in [0.25, 0.3) is 0 Å². The van der Waals surface area contributed by atoms with Crippen molar-refractivity contribution in [1.29, 1.82) is 0 Å². The van der Waals surface area contributed by atoms with Crippen molar-refractivity contribution in [2.75, 3.05) is 18.1 Å². The second-order valence-corrected chi connectivity index (χ2v) is 2.85. The number of nitrogens with one attached hydrogen (secondary N) is 1. The van der Waals surface area contributed by atoms with Gasteiger partial charge in [0, 0.05) is 17.8 Å². The number of anilines is 2. The Hall–Kier alpha value is -1.77. The predicted molar refractivity (Wildman–Crippen MR) is 55.7 cm³/mol. The highest BCUT2D eigenvalue weighted by Gasteiger charge is 2.01. The average molecular weight is 173 g/mol. The summed E-state index contributed by atoms with van der Waals surface area (Å²) in [5.41, 5.74) is 6.75. The Morgan fingerprint density at radius 3 is 2.62 bits per heavy atom. The number of nitrogens with two attached hydrogens (primary N) is 1. The van der Waals surface area contributed by atoms with E-state index in [2.05, 4.69) is 10.3 Å². The number of fused-ring (bicyclic) bond motifs is 1. The first-order valence-corrected chi connectivity index (χ1v) is 4.14. The van der Waals surface area contributed by atoms with Crippen LogP contribution in [0.4, 0.5) is 11.5 Å². The molecule has 0 saturated carbocycles. The maximum atomic E-state index is 5.74. The van der Waals surface area contributed by atoms with Crippen molar-refractivity contribution in [3.8, 4) is 0 Å². The number of hydrogen-bond donors (Lipinski definition) is 2. The van der Waals surface area contributed by atoms with Gasteiger partial charge in [0.2, 0.25) is 0 Å². The fourth-order valence-electron chi connectivity index (χ4n) is 1.41. The Morgan fingerprint density at radius 1 is 1.23 bits per heavy atom. The van der Waals surface area contributed by atoms with Crippen molar-refractivity contribution in [1.82, 2.24) is 4.98 Å². The molecule has 0 radical (unpaired) electrons. The molecule has 1 heterocycles. The molecule has 3 N–H and O–H groups in total. The molecule has 0 amide bonds. The third kappa shape index (κ3) is 1.18. The van der Waals surface area contributed by atoms with Crippen LogP contribution < -0.4 is 11.1 Å². The Balaban J connectivity index is 2.84. The molecular weight excluding hydrogens is 162 g/mol. The number of hydrogen-bond acceptors (Lipinski definition) is 3. The first-order chi connectivity index (χ1) is 6.33. The molecule has 0 saturated heterocycles. The molecule has 0 atom stereocenters. The van der Waals surface area contributed by atoms with Crippen molar-refractivity contribution in [3.63, 3.8) is 0 Å². The zero-order valence-corrected chi connectivity index (χ0v) is 7.41. The number of pyridine rings is 1. The van der Waals surface area contributed by atoms with Gasteiger partial charge in [0.1, 0.15) is 5.82 Å². The van der Waals surface area contributed by atoms with Crippen LogP contribution in [0.25, 0.3) is 10.8 Å². The minimum Gasteiger partial charge on any atom is -0.386 e. The lowest BCUT2D eigenvalue weighted by molar-refractivity contribution is 1.35. The molecule has 0 aliphatic carbocycles. The topological polar surface area (TPSA) is 50.9 Å². The van der Waals surface area contributed by atoms with Gasteiger partial charge in [-0.3, -0.25) is 0 Å². The van der Waals surface area contributed by atoms with Crippen molar-refractivity contribution in [2.24, 2.45) is 0 Å². The van der Waals surface area contributed by atoms with E-state index < -0.39 is 0 Å². The van der Waals surface area contributed by atoms with Crippen LogP contribution in [0.5, 0.6) is 0 Å². The van der Waals surface area contributed by atoms with Gasteiger partial charge in [-0.2, -0.15) is 0 Å². The van der Waals surface area contributed by atoms with E-state index in [0.29, 0.717) is 5.82 Å². The highest BCUT2D eigenvalue weighted by molar-refractivity contribution is 5.99. The van der Waals surface area contributed by atoms with Crippen LogP contribution in [0.2, 0.25) is 0 Å². The monoisotopic (exact) mass is 173 g/mol. The van der Waals surface area contributed by atoms with E-state index in [1.165, 1.54) is 0 Å². The number of rotatable bonds is 1. The largest absolute Gasteiger partial charge is 0.386 e. The number of nitrogen functional groups attached to an aromatic ring is 1. The Bertz CT molecular complexity index is 437. The van der Waals surface area contributed by atoms with E-state index in [1.54, 1.807) is 6.20 Å². The summed E-state index contributed by atoms with van der Waals surface area (Å²) >= 11 is 0. The van der Waals surface area contributed by atoms with E-state index >= 15 is 0 Å². The highest BCUT2D eigenvalue weighted by atomic mass is 14.9. The Kier molecular flexibility index (Phi) is 1.77. The molecule has 0 spiro atoms. The maximum absolute atomic E-state index is 5.74. The van der Waals surface area contributed by atoms with E-state index in [-0.39, 0.29) is 0 Å². The van der Waals surface area contributed by atoms with Crippen molar-refractivity contribution in [3.05, 3.63) is 30.5 Å². The molecule has 0 fully saturated rings. The van der Waals surface area contributed by atoms with Crippen LogP contribution in [0.15, 0.2) is 30.5 Å². The Morgan fingerprint density at radius 2 is 1.92 bits per heavy atom. The summed E-state index contributed by atoms with van der Waals surface area (Å²) in [6.07, 6.45) is 1.75. The molecule has 2 aromatic rings. The van der Waals surface area contributed by atoms with Gasteiger partial charge in [0.15, 0.2) is 0 Å². The third-order valence-corrected chi connectivity index (χ3v) is 2.10. The molecule has 1 aromatic heterocycles. The van der Waals surface area contributed by atoms with E-state index in [9.17, 15) is 0 Å². The van der Waals surface area contributed by atoms with E-state index in [4.69, 9.17) is 5.73 Å². The molecule has 0 aliphatic rings. The van der Waals surface area contributed by atoms with Crippen LogP contribution in [0, 0.1) is 0 Å². The number of aromatic nitrogens is 1. The summed E-state index contributed by atoms with van der Waals surface area (Å²) < 4.78 is 0. The normalized spacial score (nSPS) is 10.2. The van der Waals surface area contributed by atoms with Crippen LogP contribution in [-0.2, 0) is 0 Å². The first kappa shape index (κ1) is 7.86. The fraction of sp³-hybridized carbons (Fsp3) is 0.100. The van der Waals surface area contributed by atoms with Gasteiger partial charge >= 0.3 is 0 Å². The lowest BCUT2D eigenvalue weighted by Crippen LogP contribution is -1.95. The lowest BCUT2D eigenvalue weighted by Gasteiger charge is -2.06. The summed E-state index contributed by atoms with van der Waals surface area (Å²) in [4.78, 5) is 4.09. The maximum Gasteiger partial charge on any atom is 0.131 e. The molecule has 66 valence electrons. The molecule has 3 heteroatoms. The minimum absolute atomic E-state index is 0.578. The zero-order valence-electron chi connectivity index (χ0n) is 7.41. The second-order valence-electron chi connectivity index (χ2n) is 2.85. The average Bonchev–Trinajstić information content (AvgIpc) is 2.19. The first-order valence-electron chi connectivity index (χ1n) is 4.14. The van der Waals surface area contributed by atoms with Crippen LogP contribution in [0.3, 0.4) is 0 Å². The van der Waals surface area contributed by atoms with Gasteiger partial charge in [0.05, 0.1) is 11.9 Å². The lowest BCUT2D eigenvalue weighted by atomic mass is 10.1. The second kappa shape index (κ2) is 2.94. The van der Waals surface area contributed by atoms with E-state index in [0.717, 1.165) is 16.5 Å². The van der Waals surface area contributed by atoms with Crippen molar-refractivity contribution in [2.45, 2.75) is 0 Å². The molecule has 13 heavy (non-hydrogen) atoms. The van der Waals surface area contributed by atoms with Gasteiger partial charge in [-0.05, 0) is 0 Å². The Labute approximate surface area is 76.6 Å². The molecule has 0 aliphatic heterocycles. The van der Waals surface area contributed by atoms with Crippen LogP contribution in [-0.4, -0.2) is 12.0 Å². The van der Waals surface area contributed by atoms with Crippen molar-refractivity contribution < 1.29 is 0 Å². The zero-order chi connectivity index (χ0) is 9.26. The molecule has 0 unspecified atom stereocenters. The van der Waals surface area contributed by atoms with E-state index in [1.807, 2.05) is 31.3 Å². The van der Waals surface area contributed by atoms with Gasteiger partial charge in [-0.25, -0.2) is 4.98 Å². The molecular formula is C10H11N3. The number of benzene rings is 1. The van der Waals surface area contributed by atoms with Gasteiger partial charge in [-0.1, -0.05) is 24.3 Å². The summed E-state index contributed by atoms with van der Waals surface area (Å²) in [6.45, 7) is 0. The molecule has 1 aromatic carbocycles. The van der Waals surface area contributed by atoms with Crippen LogP contribution >= 0.6 is 0 Å². The summed E-state index contributed by atoms with van der Waals surface area (Å²) in [5, 5.41) is 5.18. The van der Waals surface area contributed by atoms with Crippen molar-refractivity contribution >= 4 is 22.3 Å². The molecule has 0 bridgehead atoms. The SMILES string of the molecule is CNc1cnc(N)c2ccccc12. The quantitative estimate of drug-likeness (QED) is 0.692. The van der Waals surface area contributed by atoms with Gasteiger partial charge in [-0.15, -0.1) is 0 Å². The molecule has 2 rings (SSSR count). The minimum atomic E-state index is 0.578. The summed E-state index contributed by atoms with van der Waals surface area (Å²) in [5.74, 6) is 0.578. The highest BCUT2D eigenvalue weighted by Crippen LogP contribution is 2.25. The third-order valence-electron chi connectivity index (χ3n) is 2.10. The summed E-state index contributed by atoms with van der Waals surface area (Å²) in [6, 6.07) is 7.94. The summed E-state index contributed by atoms with van der Waals surface area (Å²) in [7, 11) is 1.87. The fourth-order valence-corrected chi connectivity index (χ4v) is 1.41. The standard InChI is InChI=1S/C10H11N3/c1-12-9-6-13-10(11)8-5-3-2-4-7(8)9/h2-6,12H,1H3,(H2,11,13).